The lowest BCUT2D eigenvalue weighted by Gasteiger charge is -1.98. The highest BCUT2D eigenvalue weighted by atomic mass is 14.9. The number of hydrogen-bond acceptors (Lipinski definition) is 2. The van der Waals surface area contributed by atoms with Crippen LogP contribution in [-0.2, 0) is 6.54 Å². The summed E-state index contributed by atoms with van der Waals surface area (Å²) in [6.07, 6.45) is 0. The van der Waals surface area contributed by atoms with Gasteiger partial charge in [0.15, 0.2) is 0 Å². The Morgan fingerprint density at radius 3 is 2.92 bits per heavy atom. The van der Waals surface area contributed by atoms with E-state index in [4.69, 9.17) is 5.73 Å². The summed E-state index contributed by atoms with van der Waals surface area (Å²) in [5.41, 5.74) is 8.10. The van der Waals surface area contributed by atoms with Crippen LogP contribution in [0.1, 0.15) is 5.56 Å². The van der Waals surface area contributed by atoms with Crippen LogP contribution in [0.15, 0.2) is 24.3 Å². The van der Waals surface area contributed by atoms with E-state index in [-0.39, 0.29) is 0 Å². The number of aromatic amines is 1. The molecule has 0 unspecified atom stereocenters. The molecule has 0 fully saturated rings. The molecule has 0 aliphatic carbocycles. The van der Waals surface area contributed by atoms with Crippen molar-refractivity contribution in [3.8, 4) is 0 Å². The number of benzene rings is 1. The summed E-state index contributed by atoms with van der Waals surface area (Å²) in [6, 6.07) is 8.13. The zero-order valence-electron chi connectivity index (χ0n) is 7.59. The van der Waals surface area contributed by atoms with Crippen molar-refractivity contribution in [1.29, 1.82) is 0 Å². The van der Waals surface area contributed by atoms with Crippen LogP contribution in [0.25, 0.3) is 10.9 Å². The number of anilines is 1. The number of fused-ring (bicyclic) bond motifs is 1. The lowest BCUT2D eigenvalue weighted by Crippen LogP contribution is -2.06. The Morgan fingerprint density at radius 2 is 2.15 bits per heavy atom. The highest BCUT2D eigenvalue weighted by molar-refractivity contribution is 5.88. The molecule has 0 amide bonds. The number of H-pyrrole nitrogens is 1. The van der Waals surface area contributed by atoms with Gasteiger partial charge in [0.05, 0.1) is 0 Å². The van der Waals surface area contributed by atoms with Crippen LogP contribution in [0, 0.1) is 0 Å². The smallest absolute Gasteiger partial charge is 0.106 e. The van der Waals surface area contributed by atoms with Crippen LogP contribution in [0.2, 0.25) is 0 Å². The predicted molar refractivity (Wildman–Crippen MR) is 55.5 cm³/mol. The van der Waals surface area contributed by atoms with Crippen LogP contribution in [0.3, 0.4) is 0 Å². The number of aromatic nitrogens is 1. The van der Waals surface area contributed by atoms with Gasteiger partial charge in [-0.05, 0) is 13.1 Å². The third-order valence-corrected chi connectivity index (χ3v) is 2.20. The quantitative estimate of drug-likeness (QED) is 0.647. The van der Waals surface area contributed by atoms with Gasteiger partial charge in [-0.3, -0.25) is 0 Å². The van der Waals surface area contributed by atoms with Gasteiger partial charge in [0.1, 0.15) is 5.82 Å². The molecule has 1 aromatic carbocycles. The molecule has 0 spiro atoms. The van der Waals surface area contributed by atoms with E-state index in [0.29, 0.717) is 0 Å². The summed E-state index contributed by atoms with van der Waals surface area (Å²) < 4.78 is 0. The Bertz CT molecular complexity index is 417. The number of para-hydroxylation sites is 1. The normalized spacial score (nSPS) is 10.8. The summed E-state index contributed by atoms with van der Waals surface area (Å²) in [4.78, 5) is 3.15. The van der Waals surface area contributed by atoms with Gasteiger partial charge in [0.2, 0.25) is 0 Å². The molecule has 68 valence electrons. The van der Waals surface area contributed by atoms with E-state index in [0.717, 1.165) is 23.4 Å². The van der Waals surface area contributed by atoms with Gasteiger partial charge in [-0.25, -0.2) is 0 Å². The van der Waals surface area contributed by atoms with E-state index in [1.54, 1.807) is 0 Å². The monoisotopic (exact) mass is 175 g/mol. The van der Waals surface area contributed by atoms with Gasteiger partial charge >= 0.3 is 0 Å². The second-order valence-electron chi connectivity index (χ2n) is 3.09. The second kappa shape index (κ2) is 3.11. The van der Waals surface area contributed by atoms with E-state index in [1.807, 2.05) is 25.2 Å². The van der Waals surface area contributed by atoms with Crippen molar-refractivity contribution in [3.05, 3.63) is 29.8 Å². The first-order valence-electron chi connectivity index (χ1n) is 4.32. The maximum absolute atomic E-state index is 5.84. The van der Waals surface area contributed by atoms with Crippen molar-refractivity contribution in [2.75, 3.05) is 12.8 Å². The number of nitrogens with two attached hydrogens (primary N) is 1. The first kappa shape index (κ1) is 8.13. The van der Waals surface area contributed by atoms with E-state index in [9.17, 15) is 0 Å². The standard InChI is InChI=1S/C10H13N3/c1-12-6-8-7-4-2-3-5-9(7)13-10(8)11/h2-5,12-13H,6,11H2,1H3. The van der Waals surface area contributed by atoms with Crippen molar-refractivity contribution in [3.63, 3.8) is 0 Å². The minimum absolute atomic E-state index is 0.760. The molecule has 3 nitrogen and oxygen atoms in total. The van der Waals surface area contributed by atoms with Crippen LogP contribution in [0.4, 0.5) is 5.82 Å². The molecule has 3 heteroatoms. The lowest BCUT2D eigenvalue weighted by atomic mass is 10.1. The average molecular weight is 175 g/mol. The highest BCUT2D eigenvalue weighted by Crippen LogP contribution is 2.23. The van der Waals surface area contributed by atoms with Crippen LogP contribution in [-0.4, -0.2) is 12.0 Å². The highest BCUT2D eigenvalue weighted by Gasteiger charge is 2.06. The Hall–Kier alpha value is -1.48. The van der Waals surface area contributed by atoms with Crippen LogP contribution in [0.5, 0.6) is 0 Å². The molecule has 2 rings (SSSR count). The fourth-order valence-electron chi connectivity index (χ4n) is 1.59. The molecule has 1 aromatic heterocycles. The van der Waals surface area contributed by atoms with Gasteiger partial charge < -0.3 is 16.0 Å². The molecule has 0 saturated heterocycles. The summed E-state index contributed by atoms with van der Waals surface area (Å²) in [6.45, 7) is 0.801. The molecule has 4 N–H and O–H groups in total. The van der Waals surface area contributed by atoms with Crippen molar-refractivity contribution < 1.29 is 0 Å². The Kier molecular flexibility index (Phi) is 1.94. The number of nitrogens with one attached hydrogen (secondary N) is 2. The SMILES string of the molecule is CNCc1c(N)[nH]c2ccccc12. The second-order valence-corrected chi connectivity index (χ2v) is 3.09. The van der Waals surface area contributed by atoms with E-state index in [2.05, 4.69) is 16.4 Å². The summed E-state index contributed by atoms with van der Waals surface area (Å²) in [5.74, 6) is 0.760. The largest absolute Gasteiger partial charge is 0.385 e. The van der Waals surface area contributed by atoms with Crippen molar-refractivity contribution in [2.24, 2.45) is 0 Å². The maximum atomic E-state index is 5.84. The molecule has 0 aliphatic rings. The zero-order chi connectivity index (χ0) is 9.26. The number of hydrogen-bond donors (Lipinski definition) is 3. The Balaban J connectivity index is 2.64. The molecular weight excluding hydrogens is 162 g/mol. The molecule has 0 saturated carbocycles. The third-order valence-electron chi connectivity index (χ3n) is 2.20. The van der Waals surface area contributed by atoms with E-state index in [1.165, 1.54) is 5.39 Å². The number of rotatable bonds is 2. The van der Waals surface area contributed by atoms with E-state index >= 15 is 0 Å². The van der Waals surface area contributed by atoms with Gasteiger partial charge in [-0.1, -0.05) is 18.2 Å². The molecule has 1 heterocycles. The van der Waals surface area contributed by atoms with Gasteiger partial charge in [-0.15, -0.1) is 0 Å². The van der Waals surface area contributed by atoms with Gasteiger partial charge in [0.25, 0.3) is 0 Å². The van der Waals surface area contributed by atoms with Gasteiger partial charge in [0, 0.05) is 23.0 Å². The molecule has 0 aliphatic heterocycles. The first-order chi connectivity index (χ1) is 6.33. The average Bonchev–Trinajstić information content (AvgIpc) is 2.44. The summed E-state index contributed by atoms with van der Waals surface area (Å²) in [5, 5.41) is 4.31. The minimum atomic E-state index is 0.760. The maximum Gasteiger partial charge on any atom is 0.106 e. The van der Waals surface area contributed by atoms with Gasteiger partial charge in [-0.2, -0.15) is 0 Å². The molecule has 2 aromatic rings. The third kappa shape index (κ3) is 1.27. The molecule has 0 radical (unpaired) electrons. The molecular formula is C10H13N3. The Morgan fingerprint density at radius 1 is 1.38 bits per heavy atom. The summed E-state index contributed by atoms with van der Waals surface area (Å²) >= 11 is 0. The molecule has 13 heavy (non-hydrogen) atoms. The lowest BCUT2D eigenvalue weighted by molar-refractivity contribution is 0.825. The van der Waals surface area contributed by atoms with E-state index < -0.39 is 0 Å². The van der Waals surface area contributed by atoms with Crippen molar-refractivity contribution in [1.82, 2.24) is 10.3 Å². The first-order valence-corrected chi connectivity index (χ1v) is 4.32. The van der Waals surface area contributed by atoms with Crippen molar-refractivity contribution in [2.45, 2.75) is 6.54 Å². The number of nitrogen functional groups attached to an aromatic ring is 1. The molecule has 0 bridgehead atoms. The van der Waals surface area contributed by atoms with Crippen molar-refractivity contribution >= 4 is 16.7 Å². The minimum Gasteiger partial charge on any atom is -0.385 e. The topological polar surface area (TPSA) is 53.8 Å². The molecule has 0 atom stereocenters. The van der Waals surface area contributed by atoms with Crippen LogP contribution < -0.4 is 11.1 Å². The zero-order valence-corrected chi connectivity index (χ0v) is 7.59. The Labute approximate surface area is 76.9 Å². The van der Waals surface area contributed by atoms with Crippen LogP contribution >= 0.6 is 0 Å². The fraction of sp³-hybridized carbons (Fsp3) is 0.200. The predicted octanol–water partition coefficient (Wildman–Crippen LogP) is 1.47. The fourth-order valence-corrected chi connectivity index (χ4v) is 1.59. The summed E-state index contributed by atoms with van der Waals surface area (Å²) in [7, 11) is 1.92.